The van der Waals surface area contributed by atoms with Crippen molar-refractivity contribution in [3.05, 3.63) is 42.2 Å². The Morgan fingerprint density at radius 3 is 2.46 bits per heavy atom. The summed E-state index contributed by atoms with van der Waals surface area (Å²) < 4.78 is 44.9. The van der Waals surface area contributed by atoms with Crippen LogP contribution in [0.5, 0.6) is 5.75 Å². The number of rotatable bonds is 2. The first kappa shape index (κ1) is 14.9. The van der Waals surface area contributed by atoms with Crippen LogP contribution < -0.4 is 4.74 Å². The van der Waals surface area contributed by atoms with Crippen molar-refractivity contribution in [1.29, 1.82) is 0 Å². The van der Waals surface area contributed by atoms with E-state index in [0.717, 1.165) is 22.1 Å². The molecule has 0 atom stereocenters. The number of nitrogens with zero attached hydrogens (tertiary/aromatic N) is 4. The van der Waals surface area contributed by atoms with Gasteiger partial charge in [0.15, 0.2) is 5.01 Å². The van der Waals surface area contributed by atoms with E-state index in [1.54, 1.807) is 0 Å². The predicted molar refractivity (Wildman–Crippen MR) is 83.2 cm³/mol. The zero-order chi connectivity index (χ0) is 16.9. The van der Waals surface area contributed by atoms with Crippen molar-refractivity contribution in [2.24, 2.45) is 0 Å². The van der Waals surface area contributed by atoms with Gasteiger partial charge in [0.1, 0.15) is 5.75 Å². The van der Waals surface area contributed by atoms with Gasteiger partial charge in [-0.25, -0.2) is 0 Å². The average molecular weight is 350 g/mol. The van der Waals surface area contributed by atoms with Gasteiger partial charge in [-0.2, -0.15) is 22.8 Å². The SMILES string of the molecule is COc1cc2ccccc2cc1-c1nn2c(C(F)(F)F)nnc2s1. The Morgan fingerprint density at radius 2 is 1.79 bits per heavy atom. The Hall–Kier alpha value is -2.68. The highest BCUT2D eigenvalue weighted by atomic mass is 32.1. The molecule has 9 heteroatoms. The number of alkyl halides is 3. The summed E-state index contributed by atoms with van der Waals surface area (Å²) in [6, 6.07) is 11.3. The van der Waals surface area contributed by atoms with Crippen molar-refractivity contribution in [3.63, 3.8) is 0 Å². The zero-order valence-electron chi connectivity index (χ0n) is 12.2. The second-order valence-electron chi connectivity index (χ2n) is 5.02. The highest BCUT2D eigenvalue weighted by Crippen LogP contribution is 2.37. The molecule has 24 heavy (non-hydrogen) atoms. The Morgan fingerprint density at radius 1 is 1.08 bits per heavy atom. The summed E-state index contributed by atoms with van der Waals surface area (Å²) in [5, 5.41) is 13.0. The molecule has 0 spiro atoms. The lowest BCUT2D eigenvalue weighted by atomic mass is 10.1. The summed E-state index contributed by atoms with van der Waals surface area (Å²) in [4.78, 5) is 0.0764. The summed E-state index contributed by atoms with van der Waals surface area (Å²) in [6.07, 6.45) is -4.61. The van der Waals surface area contributed by atoms with Gasteiger partial charge >= 0.3 is 6.18 Å². The van der Waals surface area contributed by atoms with Gasteiger partial charge < -0.3 is 4.74 Å². The monoisotopic (exact) mass is 350 g/mol. The van der Waals surface area contributed by atoms with Gasteiger partial charge in [-0.3, -0.25) is 0 Å². The summed E-state index contributed by atoms with van der Waals surface area (Å²) in [6.45, 7) is 0. The van der Waals surface area contributed by atoms with Crippen LogP contribution in [-0.4, -0.2) is 26.9 Å². The fourth-order valence-corrected chi connectivity index (χ4v) is 3.32. The van der Waals surface area contributed by atoms with Crippen LogP contribution in [0.25, 0.3) is 26.3 Å². The molecule has 0 N–H and O–H groups in total. The molecule has 2 aromatic carbocycles. The smallest absolute Gasteiger partial charge is 0.453 e. The van der Waals surface area contributed by atoms with Crippen molar-refractivity contribution in [2.75, 3.05) is 7.11 Å². The Bertz CT molecular complexity index is 1050. The molecule has 0 aliphatic carbocycles. The molecule has 0 saturated heterocycles. The quantitative estimate of drug-likeness (QED) is 0.548. The normalized spacial score (nSPS) is 12.2. The van der Waals surface area contributed by atoms with E-state index < -0.39 is 12.0 Å². The van der Waals surface area contributed by atoms with Gasteiger partial charge in [0.25, 0.3) is 5.82 Å². The maximum absolute atomic E-state index is 12.9. The van der Waals surface area contributed by atoms with Gasteiger partial charge in [-0.05, 0) is 22.9 Å². The largest absolute Gasteiger partial charge is 0.496 e. The summed E-state index contributed by atoms with van der Waals surface area (Å²) in [7, 11) is 1.51. The van der Waals surface area contributed by atoms with Crippen LogP contribution in [0.2, 0.25) is 0 Å². The van der Waals surface area contributed by atoms with Gasteiger partial charge in [-0.1, -0.05) is 35.6 Å². The first-order chi connectivity index (χ1) is 11.5. The van der Waals surface area contributed by atoms with E-state index >= 15 is 0 Å². The van der Waals surface area contributed by atoms with E-state index in [1.807, 2.05) is 36.4 Å². The van der Waals surface area contributed by atoms with E-state index in [-0.39, 0.29) is 4.96 Å². The number of ether oxygens (including phenoxy) is 1. The van der Waals surface area contributed by atoms with Crippen molar-refractivity contribution in [1.82, 2.24) is 19.8 Å². The van der Waals surface area contributed by atoms with E-state index in [4.69, 9.17) is 4.74 Å². The summed E-state index contributed by atoms with van der Waals surface area (Å²) >= 11 is 1.02. The molecule has 4 rings (SSSR count). The van der Waals surface area contributed by atoms with Crippen LogP contribution in [-0.2, 0) is 6.18 Å². The minimum atomic E-state index is -4.61. The Kier molecular flexibility index (Phi) is 3.20. The summed E-state index contributed by atoms with van der Waals surface area (Å²) in [5.74, 6) is -0.605. The third-order valence-corrected chi connectivity index (χ3v) is 4.47. The third kappa shape index (κ3) is 2.28. The van der Waals surface area contributed by atoms with Crippen LogP contribution in [0.3, 0.4) is 0 Å². The lowest BCUT2D eigenvalue weighted by Gasteiger charge is -2.08. The zero-order valence-corrected chi connectivity index (χ0v) is 13.0. The number of methoxy groups -OCH3 is 1. The highest BCUT2D eigenvalue weighted by molar-refractivity contribution is 7.19. The molecule has 0 aliphatic heterocycles. The molecule has 0 radical (unpaired) electrons. The minimum Gasteiger partial charge on any atom is -0.496 e. The fraction of sp³-hybridized carbons (Fsp3) is 0.133. The first-order valence-electron chi connectivity index (χ1n) is 6.84. The second kappa shape index (κ2) is 5.17. The first-order valence-corrected chi connectivity index (χ1v) is 7.65. The maximum atomic E-state index is 12.9. The highest BCUT2D eigenvalue weighted by Gasteiger charge is 2.38. The molecule has 0 unspecified atom stereocenters. The topological polar surface area (TPSA) is 52.3 Å². The lowest BCUT2D eigenvalue weighted by Crippen LogP contribution is -2.11. The van der Waals surface area contributed by atoms with Crippen molar-refractivity contribution < 1.29 is 17.9 Å². The Labute approximate surface area is 137 Å². The number of benzene rings is 2. The van der Waals surface area contributed by atoms with Gasteiger partial charge in [0.05, 0.1) is 12.7 Å². The van der Waals surface area contributed by atoms with Gasteiger partial charge in [-0.15, -0.1) is 10.2 Å². The summed E-state index contributed by atoms with van der Waals surface area (Å²) in [5.41, 5.74) is 0.611. The predicted octanol–water partition coefficient (Wildman–Crippen LogP) is 4.03. The van der Waals surface area contributed by atoms with Crippen molar-refractivity contribution in [2.45, 2.75) is 6.18 Å². The second-order valence-corrected chi connectivity index (χ2v) is 5.98. The minimum absolute atomic E-state index is 0.0764. The van der Waals surface area contributed by atoms with Crippen molar-refractivity contribution >= 4 is 27.1 Å². The Balaban J connectivity index is 1.94. The molecule has 2 aromatic heterocycles. The maximum Gasteiger partial charge on any atom is 0.453 e. The fourth-order valence-electron chi connectivity index (χ4n) is 2.46. The third-order valence-electron chi connectivity index (χ3n) is 3.54. The van der Waals surface area contributed by atoms with E-state index in [0.29, 0.717) is 20.8 Å². The van der Waals surface area contributed by atoms with Crippen LogP contribution in [0.15, 0.2) is 36.4 Å². The molecule has 5 nitrogen and oxygen atoms in total. The molecule has 0 aliphatic rings. The number of fused-ring (bicyclic) bond motifs is 2. The number of hydrogen-bond acceptors (Lipinski definition) is 5. The molecule has 2 heterocycles. The molecule has 0 saturated carbocycles. The van der Waals surface area contributed by atoms with Crippen LogP contribution in [0.1, 0.15) is 5.82 Å². The van der Waals surface area contributed by atoms with Crippen LogP contribution in [0.4, 0.5) is 13.2 Å². The molecular weight excluding hydrogens is 341 g/mol. The average Bonchev–Trinajstić information content (AvgIpc) is 3.12. The number of aromatic nitrogens is 4. The van der Waals surface area contributed by atoms with Crippen LogP contribution >= 0.6 is 11.3 Å². The molecule has 122 valence electrons. The van der Waals surface area contributed by atoms with E-state index in [9.17, 15) is 13.2 Å². The standard InChI is InChI=1S/C15H9F3N4OS/c1-23-11-7-9-5-3-2-4-8(9)6-10(11)12-21-22-13(15(16,17)18)19-20-14(22)24-12/h2-7H,1H3. The number of halogens is 3. The van der Waals surface area contributed by atoms with Crippen molar-refractivity contribution in [3.8, 4) is 16.3 Å². The molecular formula is C15H9F3N4OS. The molecule has 4 aromatic rings. The van der Waals surface area contributed by atoms with Crippen LogP contribution in [0, 0.1) is 0 Å². The van der Waals surface area contributed by atoms with Gasteiger partial charge in [0.2, 0.25) is 4.96 Å². The number of hydrogen-bond donors (Lipinski definition) is 0. The van der Waals surface area contributed by atoms with Gasteiger partial charge in [0, 0.05) is 0 Å². The molecule has 0 bridgehead atoms. The molecule has 0 amide bonds. The molecule has 0 fully saturated rings. The van der Waals surface area contributed by atoms with E-state index in [2.05, 4.69) is 15.3 Å². The van der Waals surface area contributed by atoms with E-state index in [1.165, 1.54) is 7.11 Å². The lowest BCUT2D eigenvalue weighted by molar-refractivity contribution is -0.146.